The molecule has 1 aromatic carbocycles. The summed E-state index contributed by atoms with van der Waals surface area (Å²) in [4.78, 5) is 9.04. The lowest BCUT2D eigenvalue weighted by molar-refractivity contribution is 0.640. The van der Waals surface area contributed by atoms with Crippen molar-refractivity contribution in [2.45, 2.75) is 0 Å². The molecule has 0 atom stereocenters. The quantitative estimate of drug-likeness (QED) is 0.716. The molecule has 2 heterocycles. The number of nitrogen functional groups attached to an aromatic ring is 1. The monoisotopic (exact) mass is 245 g/mol. The summed E-state index contributed by atoms with van der Waals surface area (Å²) in [7, 11) is 0. The van der Waals surface area contributed by atoms with Crippen LogP contribution in [0.4, 0.5) is 10.2 Å². The Hall–Kier alpha value is -2.01. The predicted octanol–water partition coefficient (Wildman–Crippen LogP) is 3.08. The summed E-state index contributed by atoms with van der Waals surface area (Å²) in [5.74, 6) is 0.162. The van der Waals surface area contributed by atoms with E-state index >= 15 is 0 Å². The summed E-state index contributed by atoms with van der Waals surface area (Å²) in [6.07, 6.45) is 3.09. The maximum Gasteiger partial charge on any atom is 0.141 e. The zero-order valence-electron chi connectivity index (χ0n) is 8.72. The van der Waals surface area contributed by atoms with Crippen LogP contribution in [0.1, 0.15) is 0 Å². The molecule has 3 aromatic rings. The zero-order valence-corrected chi connectivity index (χ0v) is 9.54. The molecule has 0 radical (unpaired) electrons. The van der Waals surface area contributed by atoms with Gasteiger partial charge in [0.2, 0.25) is 0 Å². The van der Waals surface area contributed by atoms with E-state index in [1.807, 2.05) is 6.07 Å². The van der Waals surface area contributed by atoms with Gasteiger partial charge in [-0.2, -0.15) is 0 Å². The van der Waals surface area contributed by atoms with Gasteiger partial charge in [-0.3, -0.25) is 0 Å². The first-order valence-electron chi connectivity index (χ1n) is 5.00. The SMILES string of the molecule is Nc1cnc(-c2cc3c(F)cccc3s2)cn1. The fourth-order valence-electron chi connectivity index (χ4n) is 1.62. The van der Waals surface area contributed by atoms with E-state index in [2.05, 4.69) is 9.97 Å². The van der Waals surface area contributed by atoms with Crippen LogP contribution < -0.4 is 5.73 Å². The first-order chi connectivity index (χ1) is 8.24. The van der Waals surface area contributed by atoms with E-state index < -0.39 is 0 Å². The first kappa shape index (κ1) is 10.2. The van der Waals surface area contributed by atoms with Crippen molar-refractivity contribution in [3.8, 4) is 10.6 Å². The van der Waals surface area contributed by atoms with Gasteiger partial charge >= 0.3 is 0 Å². The minimum absolute atomic E-state index is 0.214. The van der Waals surface area contributed by atoms with E-state index in [0.717, 1.165) is 9.58 Å². The van der Waals surface area contributed by atoms with Gasteiger partial charge in [-0.15, -0.1) is 11.3 Å². The first-order valence-corrected chi connectivity index (χ1v) is 5.81. The van der Waals surface area contributed by atoms with Gasteiger partial charge in [0, 0.05) is 10.1 Å². The molecule has 0 amide bonds. The number of hydrogen-bond donors (Lipinski definition) is 1. The van der Waals surface area contributed by atoms with E-state index in [0.29, 0.717) is 16.9 Å². The molecule has 17 heavy (non-hydrogen) atoms. The normalized spacial score (nSPS) is 10.9. The van der Waals surface area contributed by atoms with Crippen molar-refractivity contribution >= 4 is 27.2 Å². The minimum atomic E-state index is -0.214. The Morgan fingerprint density at radius 3 is 2.76 bits per heavy atom. The molecule has 0 saturated carbocycles. The summed E-state index contributed by atoms with van der Waals surface area (Å²) in [5, 5.41) is 0.617. The molecular weight excluding hydrogens is 237 g/mol. The molecule has 3 nitrogen and oxygen atoms in total. The highest BCUT2D eigenvalue weighted by molar-refractivity contribution is 7.22. The number of nitrogens with zero attached hydrogens (tertiary/aromatic N) is 2. The van der Waals surface area contributed by atoms with Crippen LogP contribution in [-0.4, -0.2) is 9.97 Å². The molecule has 0 unspecified atom stereocenters. The lowest BCUT2D eigenvalue weighted by Gasteiger charge is -1.95. The Balaban J connectivity index is 2.18. The van der Waals surface area contributed by atoms with Crippen LogP contribution in [0, 0.1) is 5.82 Å². The second-order valence-electron chi connectivity index (χ2n) is 3.59. The number of thiophene rings is 1. The van der Waals surface area contributed by atoms with Crippen LogP contribution in [0.25, 0.3) is 20.7 Å². The molecular formula is C12H8FN3S. The zero-order chi connectivity index (χ0) is 11.8. The molecule has 5 heteroatoms. The van der Waals surface area contributed by atoms with Gasteiger partial charge in [-0.05, 0) is 18.2 Å². The van der Waals surface area contributed by atoms with Crippen molar-refractivity contribution in [2.75, 3.05) is 5.73 Å². The highest BCUT2D eigenvalue weighted by Crippen LogP contribution is 2.33. The summed E-state index contributed by atoms with van der Waals surface area (Å²) >= 11 is 1.49. The Kier molecular flexibility index (Phi) is 2.26. The number of halogens is 1. The van der Waals surface area contributed by atoms with Gasteiger partial charge < -0.3 is 5.73 Å². The average Bonchev–Trinajstić information content (AvgIpc) is 2.75. The van der Waals surface area contributed by atoms with Crippen LogP contribution in [0.2, 0.25) is 0 Å². The molecule has 84 valence electrons. The summed E-state index contributed by atoms with van der Waals surface area (Å²) < 4.78 is 14.4. The molecule has 0 fully saturated rings. The lowest BCUT2D eigenvalue weighted by atomic mass is 10.2. The van der Waals surface area contributed by atoms with E-state index in [4.69, 9.17) is 5.73 Å². The van der Waals surface area contributed by atoms with Crippen LogP contribution >= 0.6 is 11.3 Å². The van der Waals surface area contributed by atoms with Crippen LogP contribution in [0.15, 0.2) is 36.7 Å². The largest absolute Gasteiger partial charge is 0.382 e. The van der Waals surface area contributed by atoms with Crippen molar-refractivity contribution in [2.24, 2.45) is 0 Å². The molecule has 0 aliphatic carbocycles. The molecule has 2 aromatic heterocycles. The number of nitrogens with two attached hydrogens (primary N) is 1. The summed E-state index contributed by atoms with van der Waals surface area (Å²) in [6.45, 7) is 0. The highest BCUT2D eigenvalue weighted by Gasteiger charge is 2.08. The number of hydrogen-bond acceptors (Lipinski definition) is 4. The number of aromatic nitrogens is 2. The van der Waals surface area contributed by atoms with Gasteiger partial charge in [0.15, 0.2) is 0 Å². The number of benzene rings is 1. The second kappa shape index (κ2) is 3.78. The third-order valence-electron chi connectivity index (χ3n) is 2.43. The molecule has 2 N–H and O–H groups in total. The fraction of sp³-hybridized carbons (Fsp3) is 0. The molecule has 0 spiro atoms. The van der Waals surface area contributed by atoms with Crippen molar-refractivity contribution in [3.63, 3.8) is 0 Å². The Morgan fingerprint density at radius 2 is 2.06 bits per heavy atom. The van der Waals surface area contributed by atoms with Crippen molar-refractivity contribution < 1.29 is 4.39 Å². The van der Waals surface area contributed by atoms with Gasteiger partial charge in [-0.25, -0.2) is 14.4 Å². The minimum Gasteiger partial charge on any atom is -0.382 e. The highest BCUT2D eigenvalue weighted by atomic mass is 32.1. The summed E-state index contributed by atoms with van der Waals surface area (Å²) in [5.41, 5.74) is 6.18. The maximum absolute atomic E-state index is 13.5. The second-order valence-corrected chi connectivity index (χ2v) is 4.67. The van der Waals surface area contributed by atoms with Crippen molar-refractivity contribution in [1.82, 2.24) is 9.97 Å². The van der Waals surface area contributed by atoms with E-state index in [-0.39, 0.29) is 5.82 Å². The Morgan fingerprint density at radius 1 is 1.18 bits per heavy atom. The smallest absolute Gasteiger partial charge is 0.141 e. The summed E-state index contributed by atoms with van der Waals surface area (Å²) in [6, 6.07) is 6.83. The number of rotatable bonds is 1. The van der Waals surface area contributed by atoms with Gasteiger partial charge in [-0.1, -0.05) is 6.07 Å². The van der Waals surface area contributed by atoms with Gasteiger partial charge in [0.1, 0.15) is 11.6 Å². The average molecular weight is 245 g/mol. The molecule has 0 aliphatic heterocycles. The van der Waals surface area contributed by atoms with Crippen molar-refractivity contribution in [3.05, 3.63) is 42.5 Å². The lowest BCUT2D eigenvalue weighted by Crippen LogP contribution is -1.91. The van der Waals surface area contributed by atoms with E-state index in [1.54, 1.807) is 18.3 Å². The molecule has 3 rings (SSSR count). The third-order valence-corrected chi connectivity index (χ3v) is 3.56. The Bertz CT molecular complexity index is 676. The Labute approximate surface area is 101 Å². The third kappa shape index (κ3) is 1.74. The van der Waals surface area contributed by atoms with Crippen LogP contribution in [0.3, 0.4) is 0 Å². The van der Waals surface area contributed by atoms with Crippen molar-refractivity contribution in [1.29, 1.82) is 0 Å². The maximum atomic E-state index is 13.5. The van der Waals surface area contributed by atoms with Gasteiger partial charge in [0.25, 0.3) is 0 Å². The number of anilines is 1. The molecule has 0 bridgehead atoms. The predicted molar refractivity (Wildman–Crippen MR) is 67.2 cm³/mol. The molecule has 0 saturated heterocycles. The topological polar surface area (TPSA) is 51.8 Å². The van der Waals surface area contributed by atoms with Gasteiger partial charge in [0.05, 0.1) is 23.0 Å². The fourth-order valence-corrected chi connectivity index (χ4v) is 2.65. The van der Waals surface area contributed by atoms with Crippen LogP contribution in [-0.2, 0) is 0 Å². The molecule has 0 aliphatic rings. The van der Waals surface area contributed by atoms with E-state index in [9.17, 15) is 4.39 Å². The number of fused-ring (bicyclic) bond motifs is 1. The standard InChI is InChI=1S/C12H8FN3S/c13-8-2-1-3-10-7(8)4-11(17-10)9-5-16-12(14)6-15-9/h1-6H,(H2,14,16). The van der Waals surface area contributed by atoms with E-state index in [1.165, 1.54) is 23.6 Å². The van der Waals surface area contributed by atoms with Crippen LogP contribution in [0.5, 0.6) is 0 Å².